The number of nitrogens with one attached hydrogen (secondary N) is 2. The molecule has 2 aliphatic rings. The first-order chi connectivity index (χ1) is 23.0. The zero-order chi connectivity index (χ0) is 35.5. The molecule has 2 rings (SSSR count). The van der Waals surface area contributed by atoms with Crippen molar-refractivity contribution in [2.45, 2.75) is 179 Å². The summed E-state index contributed by atoms with van der Waals surface area (Å²) in [5.41, 5.74) is 0. The van der Waals surface area contributed by atoms with E-state index in [9.17, 15) is 39.6 Å². The highest BCUT2D eigenvalue weighted by molar-refractivity contribution is 5.78. The Balaban J connectivity index is 1.61. The van der Waals surface area contributed by atoms with Crippen LogP contribution in [0.2, 0.25) is 0 Å². The van der Waals surface area contributed by atoms with Crippen LogP contribution in [0.15, 0.2) is 0 Å². The van der Waals surface area contributed by atoms with Crippen molar-refractivity contribution in [3.8, 4) is 0 Å². The fraction of sp³-hybridized carbons (Fsp3) is 0.882. The van der Waals surface area contributed by atoms with Crippen LogP contribution in [0, 0.1) is 0 Å². The number of carbonyl (C=O) groups is 4. The van der Waals surface area contributed by atoms with Gasteiger partial charge in [-0.15, -0.1) is 0 Å². The number of carboxylic acid groups (broad SMARTS) is 1. The van der Waals surface area contributed by atoms with E-state index >= 15 is 0 Å². The van der Waals surface area contributed by atoms with Crippen LogP contribution in [0.1, 0.15) is 124 Å². The van der Waals surface area contributed by atoms with Gasteiger partial charge in [0.15, 0.2) is 18.7 Å². The second-order valence-corrected chi connectivity index (χ2v) is 12.9. The molecule has 0 aromatic carbocycles. The summed E-state index contributed by atoms with van der Waals surface area (Å²) in [6.45, 7) is 5.86. The van der Waals surface area contributed by atoms with Crippen LogP contribution in [0.5, 0.6) is 0 Å². The minimum absolute atomic E-state index is 0.0615. The van der Waals surface area contributed by atoms with Gasteiger partial charge in [-0.1, -0.05) is 52.4 Å². The van der Waals surface area contributed by atoms with Gasteiger partial charge in [0.1, 0.15) is 30.1 Å². The maximum absolute atomic E-state index is 12.1. The average molecular weight is 689 g/mol. The first-order valence-corrected chi connectivity index (χ1v) is 17.9. The van der Waals surface area contributed by atoms with Crippen molar-refractivity contribution in [3.63, 3.8) is 0 Å². The third-order valence-electron chi connectivity index (χ3n) is 8.75. The number of Topliss-reactive ketones (excluding diaryl/α,β-unsaturated/α-hetero) is 1. The normalized spacial score (nSPS) is 28.9. The zero-order valence-electron chi connectivity index (χ0n) is 29.0. The van der Waals surface area contributed by atoms with Crippen LogP contribution < -0.4 is 10.6 Å². The molecule has 2 fully saturated rings. The van der Waals surface area contributed by atoms with Gasteiger partial charge in [-0.2, -0.15) is 0 Å². The third-order valence-corrected chi connectivity index (χ3v) is 8.75. The molecule has 0 saturated carbocycles. The number of hydrogen-bond acceptors (Lipinski definition) is 11. The topological polar surface area (TPSA) is 210 Å². The quantitative estimate of drug-likeness (QED) is 0.0808. The van der Waals surface area contributed by atoms with Gasteiger partial charge in [0, 0.05) is 45.8 Å². The minimum Gasteiger partial charge on any atom is -0.479 e. The third kappa shape index (κ3) is 15.1. The molecule has 0 bridgehead atoms. The van der Waals surface area contributed by atoms with Gasteiger partial charge in [-0.3, -0.25) is 14.4 Å². The van der Waals surface area contributed by atoms with E-state index in [4.69, 9.17) is 18.9 Å². The molecule has 0 aromatic rings. The molecule has 9 atom stereocenters. The minimum atomic E-state index is -1.61. The molecule has 2 heterocycles. The fourth-order valence-electron chi connectivity index (χ4n) is 6.06. The van der Waals surface area contributed by atoms with E-state index in [-0.39, 0.29) is 18.9 Å². The maximum Gasteiger partial charge on any atom is 0.335 e. The van der Waals surface area contributed by atoms with Crippen LogP contribution in [0.3, 0.4) is 0 Å². The van der Waals surface area contributed by atoms with Crippen molar-refractivity contribution < 1.29 is 58.6 Å². The van der Waals surface area contributed by atoms with Crippen LogP contribution in [0.25, 0.3) is 0 Å². The number of hydrogen-bond donors (Lipinski definition) is 6. The lowest BCUT2D eigenvalue weighted by atomic mass is 9.94. The predicted molar refractivity (Wildman–Crippen MR) is 175 cm³/mol. The van der Waals surface area contributed by atoms with Crippen molar-refractivity contribution in [2.24, 2.45) is 0 Å². The monoisotopic (exact) mass is 688 g/mol. The molecule has 278 valence electrons. The summed E-state index contributed by atoms with van der Waals surface area (Å²) in [6, 6.07) is -1.20. The highest BCUT2D eigenvalue weighted by Gasteiger charge is 2.50. The van der Waals surface area contributed by atoms with Crippen LogP contribution in [-0.2, 0) is 38.1 Å². The molecular weight excluding hydrogens is 628 g/mol. The van der Waals surface area contributed by atoms with E-state index in [1.165, 1.54) is 6.92 Å². The zero-order valence-corrected chi connectivity index (χ0v) is 29.0. The fourth-order valence-corrected chi connectivity index (χ4v) is 6.06. The molecule has 2 aliphatic heterocycles. The Morgan fingerprint density at radius 3 is 2.10 bits per heavy atom. The Kier molecular flexibility index (Phi) is 20.3. The number of aliphatic hydroxyl groups excluding tert-OH is 3. The smallest absolute Gasteiger partial charge is 0.335 e. The van der Waals surface area contributed by atoms with E-state index in [1.54, 1.807) is 6.92 Å². The Labute approximate surface area is 284 Å². The lowest BCUT2D eigenvalue weighted by Gasteiger charge is -2.45. The van der Waals surface area contributed by atoms with E-state index in [0.29, 0.717) is 44.4 Å². The number of carboxylic acids is 1. The highest BCUT2D eigenvalue weighted by atomic mass is 16.7. The lowest BCUT2D eigenvalue weighted by Crippen LogP contribution is -2.66. The van der Waals surface area contributed by atoms with Gasteiger partial charge < -0.3 is 50.0 Å². The Morgan fingerprint density at radius 1 is 0.812 bits per heavy atom. The number of unbranched alkanes of at least 4 members (excludes halogenated alkanes) is 8. The molecule has 0 radical (unpaired) electrons. The molecule has 14 heteroatoms. The molecule has 2 amide bonds. The number of ketones is 1. The standard InChI is InChI=1S/C34H60N2O12/c1-4-16-23(38)17-12-8-6-7-9-13-18-26(40)35-19-14-10-11-15-20-45-27-21-24(39)31(32(47-27)33(43)44)48-34-28(36-22(3)37)30(42)29(41)25(5-2)46-34/h24-25,27-32,34,39,41-42H,4-21H2,1-3H3,(H,35,40)(H,36,37)(H,43,44). The van der Waals surface area contributed by atoms with Gasteiger partial charge in [0.2, 0.25) is 11.8 Å². The Bertz CT molecular complexity index is 968. The summed E-state index contributed by atoms with van der Waals surface area (Å²) in [5.74, 6) is -1.49. The molecule has 48 heavy (non-hydrogen) atoms. The summed E-state index contributed by atoms with van der Waals surface area (Å²) in [4.78, 5) is 47.4. The molecule has 2 saturated heterocycles. The molecule has 6 N–H and O–H groups in total. The Hall–Kier alpha value is -2.20. The summed E-state index contributed by atoms with van der Waals surface area (Å²) in [7, 11) is 0. The first-order valence-electron chi connectivity index (χ1n) is 17.9. The summed E-state index contributed by atoms with van der Waals surface area (Å²) >= 11 is 0. The van der Waals surface area contributed by atoms with Crippen LogP contribution >= 0.6 is 0 Å². The van der Waals surface area contributed by atoms with Gasteiger partial charge in [0.25, 0.3) is 0 Å². The van der Waals surface area contributed by atoms with Crippen molar-refractivity contribution >= 4 is 23.6 Å². The number of aliphatic hydroxyl groups is 3. The molecule has 9 unspecified atom stereocenters. The molecule has 0 spiro atoms. The van der Waals surface area contributed by atoms with Gasteiger partial charge >= 0.3 is 5.97 Å². The summed E-state index contributed by atoms with van der Waals surface area (Å²) < 4.78 is 22.9. The maximum atomic E-state index is 12.1. The first kappa shape index (κ1) is 42.0. The summed E-state index contributed by atoms with van der Waals surface area (Å²) in [6.07, 6.45) is 2.14. The number of rotatable bonds is 24. The molecule has 14 nitrogen and oxygen atoms in total. The second-order valence-electron chi connectivity index (χ2n) is 12.9. The highest BCUT2D eigenvalue weighted by Crippen LogP contribution is 2.30. The van der Waals surface area contributed by atoms with Crippen LogP contribution in [-0.4, -0.2) is 112 Å². The van der Waals surface area contributed by atoms with E-state index in [1.807, 2.05) is 6.92 Å². The second kappa shape index (κ2) is 23.2. The predicted octanol–water partition coefficient (Wildman–Crippen LogP) is 2.48. The van der Waals surface area contributed by atoms with Gasteiger partial charge in [-0.05, 0) is 38.5 Å². The number of ether oxygens (including phenoxy) is 4. The van der Waals surface area contributed by atoms with Gasteiger partial charge in [0.05, 0.1) is 12.2 Å². The number of carbonyl (C=O) groups excluding carboxylic acids is 3. The van der Waals surface area contributed by atoms with Gasteiger partial charge in [-0.25, -0.2) is 4.79 Å². The molecular formula is C34H60N2O12. The Morgan fingerprint density at radius 2 is 1.46 bits per heavy atom. The van der Waals surface area contributed by atoms with E-state index in [0.717, 1.165) is 64.2 Å². The van der Waals surface area contributed by atoms with Crippen molar-refractivity contribution in [1.29, 1.82) is 0 Å². The van der Waals surface area contributed by atoms with Crippen molar-refractivity contribution in [1.82, 2.24) is 10.6 Å². The largest absolute Gasteiger partial charge is 0.479 e. The van der Waals surface area contributed by atoms with E-state index in [2.05, 4.69) is 10.6 Å². The lowest BCUT2D eigenvalue weighted by molar-refractivity contribution is -0.320. The van der Waals surface area contributed by atoms with E-state index < -0.39 is 67.1 Å². The average Bonchev–Trinajstić information content (AvgIpc) is 3.03. The number of amides is 2. The van der Waals surface area contributed by atoms with Crippen LogP contribution in [0.4, 0.5) is 0 Å². The molecule has 0 aromatic heterocycles. The molecule has 0 aliphatic carbocycles. The SMILES string of the molecule is CCCC(=O)CCCCCCCCC(=O)NCCCCCCOC1CC(O)C(OC2OC(CC)C(O)C(O)C2NC(C)=O)C(C(=O)O)O1. The van der Waals surface area contributed by atoms with Crippen molar-refractivity contribution in [3.05, 3.63) is 0 Å². The van der Waals surface area contributed by atoms with Crippen molar-refractivity contribution in [2.75, 3.05) is 13.2 Å². The number of aliphatic carboxylic acids is 1. The summed E-state index contributed by atoms with van der Waals surface area (Å²) in [5, 5.41) is 47.0.